The molecule has 1 rings (SSSR count). The number of rotatable bonds is 10. The highest BCUT2D eigenvalue weighted by molar-refractivity contribution is 7.09. The van der Waals surface area contributed by atoms with Gasteiger partial charge in [-0.05, 0) is 32.6 Å². The van der Waals surface area contributed by atoms with E-state index in [1.54, 1.807) is 11.3 Å². The summed E-state index contributed by atoms with van der Waals surface area (Å²) in [6, 6.07) is 0. The maximum Gasteiger partial charge on any atom is 0.226 e. The first-order valence-electron chi connectivity index (χ1n) is 7.32. The Morgan fingerprint density at radius 2 is 2.20 bits per heavy atom. The van der Waals surface area contributed by atoms with Crippen molar-refractivity contribution in [3.05, 3.63) is 16.1 Å². The lowest BCUT2D eigenvalue weighted by atomic mass is 10.3. The van der Waals surface area contributed by atoms with Gasteiger partial charge in [0.1, 0.15) is 0 Å². The summed E-state index contributed by atoms with van der Waals surface area (Å²) in [5.41, 5.74) is 6.33. The molecule has 0 atom stereocenters. The van der Waals surface area contributed by atoms with Crippen LogP contribution in [0, 0.1) is 0 Å². The maximum atomic E-state index is 11.8. The zero-order chi connectivity index (χ0) is 14.8. The van der Waals surface area contributed by atoms with E-state index in [2.05, 4.69) is 29.0 Å². The normalized spacial score (nSPS) is 11.0. The van der Waals surface area contributed by atoms with Crippen LogP contribution >= 0.6 is 11.3 Å². The molecule has 0 unspecified atom stereocenters. The molecular weight excluding hydrogens is 272 g/mol. The fourth-order valence-corrected chi connectivity index (χ4v) is 2.78. The predicted molar refractivity (Wildman–Crippen MR) is 84.0 cm³/mol. The fraction of sp³-hybridized carbons (Fsp3) is 0.714. The predicted octanol–water partition coefficient (Wildman–Crippen LogP) is 1.03. The Morgan fingerprint density at radius 1 is 1.45 bits per heavy atom. The number of thiazole rings is 1. The van der Waals surface area contributed by atoms with Crippen LogP contribution in [-0.2, 0) is 17.6 Å². The van der Waals surface area contributed by atoms with Crippen molar-refractivity contribution in [2.75, 3.05) is 32.7 Å². The molecule has 0 fully saturated rings. The van der Waals surface area contributed by atoms with Crippen molar-refractivity contribution in [1.29, 1.82) is 0 Å². The highest BCUT2D eigenvalue weighted by Crippen LogP contribution is 2.10. The van der Waals surface area contributed by atoms with Crippen LogP contribution in [0.4, 0.5) is 0 Å². The third-order valence-corrected chi connectivity index (χ3v) is 4.12. The van der Waals surface area contributed by atoms with Gasteiger partial charge in [-0.15, -0.1) is 11.3 Å². The molecule has 3 N–H and O–H groups in total. The smallest absolute Gasteiger partial charge is 0.226 e. The lowest BCUT2D eigenvalue weighted by Gasteiger charge is -2.17. The molecule has 0 aliphatic rings. The highest BCUT2D eigenvalue weighted by Gasteiger charge is 2.07. The second kappa shape index (κ2) is 9.85. The molecule has 0 bridgehead atoms. The van der Waals surface area contributed by atoms with Gasteiger partial charge < -0.3 is 16.0 Å². The third kappa shape index (κ3) is 6.45. The van der Waals surface area contributed by atoms with Crippen LogP contribution in [0.1, 0.15) is 31.0 Å². The number of aromatic nitrogens is 1. The summed E-state index contributed by atoms with van der Waals surface area (Å²) >= 11 is 1.58. The van der Waals surface area contributed by atoms with Crippen LogP contribution in [0.15, 0.2) is 5.38 Å². The van der Waals surface area contributed by atoms with E-state index in [1.807, 2.05) is 5.38 Å². The summed E-state index contributed by atoms with van der Waals surface area (Å²) in [4.78, 5) is 18.5. The summed E-state index contributed by atoms with van der Waals surface area (Å²) in [7, 11) is 0. The van der Waals surface area contributed by atoms with Gasteiger partial charge in [0.15, 0.2) is 0 Å². The van der Waals surface area contributed by atoms with E-state index in [-0.39, 0.29) is 5.91 Å². The number of carbonyl (C=O) groups excluding carboxylic acids is 1. The number of nitrogens with zero attached hydrogens (tertiary/aromatic N) is 2. The quantitative estimate of drug-likeness (QED) is 0.633. The molecule has 114 valence electrons. The molecule has 1 heterocycles. The number of carbonyl (C=O) groups is 1. The zero-order valence-corrected chi connectivity index (χ0v) is 13.3. The number of hydrogen-bond donors (Lipinski definition) is 2. The molecular formula is C14H26N4OS. The summed E-state index contributed by atoms with van der Waals surface area (Å²) < 4.78 is 0. The molecule has 0 saturated carbocycles. The minimum Gasteiger partial charge on any atom is -0.356 e. The Kier molecular flexibility index (Phi) is 8.41. The Bertz CT molecular complexity index is 390. The van der Waals surface area contributed by atoms with Gasteiger partial charge in [0.05, 0.1) is 17.1 Å². The van der Waals surface area contributed by atoms with Crippen LogP contribution in [-0.4, -0.2) is 48.5 Å². The van der Waals surface area contributed by atoms with Gasteiger partial charge in [0.25, 0.3) is 0 Å². The van der Waals surface area contributed by atoms with Gasteiger partial charge in [0, 0.05) is 18.3 Å². The molecule has 6 heteroatoms. The average Bonchev–Trinajstić information content (AvgIpc) is 2.87. The second-order valence-corrected chi connectivity index (χ2v) is 5.62. The van der Waals surface area contributed by atoms with Crippen molar-refractivity contribution in [3.8, 4) is 0 Å². The standard InChI is InChI=1S/C14H26N4OS/c1-3-18(4-2)9-5-8-16-13(19)10-12-11-20-14(17-12)6-7-15/h11H,3-10,15H2,1-2H3,(H,16,19). The highest BCUT2D eigenvalue weighted by atomic mass is 32.1. The Hall–Kier alpha value is -0.980. The third-order valence-electron chi connectivity index (χ3n) is 3.17. The Morgan fingerprint density at radius 3 is 2.85 bits per heavy atom. The lowest BCUT2D eigenvalue weighted by Crippen LogP contribution is -2.30. The Labute approximate surface area is 125 Å². The van der Waals surface area contributed by atoms with Crippen molar-refractivity contribution >= 4 is 17.2 Å². The number of hydrogen-bond acceptors (Lipinski definition) is 5. The zero-order valence-electron chi connectivity index (χ0n) is 12.5. The van der Waals surface area contributed by atoms with Crippen LogP contribution < -0.4 is 11.1 Å². The van der Waals surface area contributed by atoms with Crippen LogP contribution in [0.25, 0.3) is 0 Å². The van der Waals surface area contributed by atoms with Crippen molar-refractivity contribution < 1.29 is 4.79 Å². The summed E-state index contributed by atoms with van der Waals surface area (Å²) in [6.45, 7) is 8.80. The minimum atomic E-state index is 0.0501. The van der Waals surface area contributed by atoms with E-state index in [0.717, 1.165) is 49.7 Å². The molecule has 0 aliphatic heterocycles. The number of amides is 1. The van der Waals surface area contributed by atoms with Gasteiger partial charge in [0.2, 0.25) is 5.91 Å². The van der Waals surface area contributed by atoms with Gasteiger partial charge in [-0.3, -0.25) is 4.79 Å². The molecule has 1 aromatic heterocycles. The van der Waals surface area contributed by atoms with Crippen molar-refractivity contribution in [2.24, 2.45) is 5.73 Å². The average molecular weight is 298 g/mol. The van der Waals surface area contributed by atoms with Gasteiger partial charge in [-0.1, -0.05) is 13.8 Å². The molecule has 0 radical (unpaired) electrons. The van der Waals surface area contributed by atoms with Crippen molar-refractivity contribution in [2.45, 2.75) is 33.1 Å². The molecule has 1 aromatic rings. The van der Waals surface area contributed by atoms with Gasteiger partial charge in [-0.2, -0.15) is 0 Å². The first-order chi connectivity index (χ1) is 9.69. The first-order valence-corrected chi connectivity index (χ1v) is 8.19. The minimum absolute atomic E-state index is 0.0501. The topological polar surface area (TPSA) is 71.2 Å². The lowest BCUT2D eigenvalue weighted by molar-refractivity contribution is -0.120. The van der Waals surface area contributed by atoms with E-state index in [9.17, 15) is 4.79 Å². The van der Waals surface area contributed by atoms with Gasteiger partial charge in [-0.25, -0.2) is 4.98 Å². The summed E-state index contributed by atoms with van der Waals surface area (Å²) in [5.74, 6) is 0.0501. The number of nitrogens with one attached hydrogen (secondary N) is 1. The van der Waals surface area contributed by atoms with E-state index in [0.29, 0.717) is 13.0 Å². The monoisotopic (exact) mass is 298 g/mol. The van der Waals surface area contributed by atoms with E-state index in [4.69, 9.17) is 5.73 Å². The first kappa shape index (κ1) is 17.1. The van der Waals surface area contributed by atoms with E-state index >= 15 is 0 Å². The summed E-state index contributed by atoms with van der Waals surface area (Å²) in [5, 5.41) is 5.91. The summed E-state index contributed by atoms with van der Waals surface area (Å²) in [6.07, 6.45) is 2.14. The molecule has 20 heavy (non-hydrogen) atoms. The molecule has 5 nitrogen and oxygen atoms in total. The fourth-order valence-electron chi connectivity index (χ4n) is 1.97. The SMILES string of the molecule is CCN(CC)CCCNC(=O)Cc1csc(CCN)n1. The van der Waals surface area contributed by atoms with Crippen LogP contribution in [0.3, 0.4) is 0 Å². The molecule has 0 saturated heterocycles. The van der Waals surface area contributed by atoms with Crippen molar-refractivity contribution in [1.82, 2.24) is 15.2 Å². The van der Waals surface area contributed by atoms with E-state index < -0.39 is 0 Å². The van der Waals surface area contributed by atoms with Crippen LogP contribution in [0.2, 0.25) is 0 Å². The molecule has 1 amide bonds. The second-order valence-electron chi connectivity index (χ2n) is 4.68. The molecule has 0 aromatic carbocycles. The Balaban J connectivity index is 2.19. The molecule has 0 aliphatic carbocycles. The van der Waals surface area contributed by atoms with E-state index in [1.165, 1.54) is 0 Å². The molecule has 0 spiro atoms. The largest absolute Gasteiger partial charge is 0.356 e. The van der Waals surface area contributed by atoms with Gasteiger partial charge >= 0.3 is 0 Å². The van der Waals surface area contributed by atoms with Crippen molar-refractivity contribution in [3.63, 3.8) is 0 Å². The number of nitrogens with two attached hydrogens (primary N) is 1. The van der Waals surface area contributed by atoms with Crippen LogP contribution in [0.5, 0.6) is 0 Å². The maximum absolute atomic E-state index is 11.8.